The lowest BCUT2D eigenvalue weighted by Crippen LogP contribution is -2.51. The Bertz CT molecular complexity index is 2960. The van der Waals surface area contributed by atoms with E-state index < -0.39 is 5.91 Å². The highest BCUT2D eigenvalue weighted by Crippen LogP contribution is 2.38. The van der Waals surface area contributed by atoms with Crippen molar-refractivity contribution in [3.8, 4) is 57.9 Å². The molecule has 0 atom stereocenters. The maximum absolute atomic E-state index is 11.5. The lowest BCUT2D eigenvalue weighted by atomic mass is 9.88. The van der Waals surface area contributed by atoms with Crippen molar-refractivity contribution in [3.63, 3.8) is 0 Å². The van der Waals surface area contributed by atoms with Gasteiger partial charge in [0.05, 0.1) is 76.6 Å². The van der Waals surface area contributed by atoms with Gasteiger partial charge in [-0.1, -0.05) is 6.07 Å². The van der Waals surface area contributed by atoms with Crippen molar-refractivity contribution in [2.24, 2.45) is 5.73 Å². The molecule has 10 rings (SSSR count). The second-order valence-corrected chi connectivity index (χ2v) is 18.0. The van der Waals surface area contributed by atoms with Gasteiger partial charge in [0.25, 0.3) is 5.91 Å². The molecule has 4 N–H and O–H groups in total. The highest BCUT2D eigenvalue weighted by Gasteiger charge is 2.31. The number of likely N-dealkylation sites (tertiary alicyclic amines) is 1. The molecular weight excluding hydrogens is 929 g/mol. The Hall–Kier alpha value is -7.87. The van der Waals surface area contributed by atoms with Gasteiger partial charge in [0.15, 0.2) is 11.6 Å². The van der Waals surface area contributed by atoms with Crippen LogP contribution < -0.4 is 35.3 Å². The number of piperidine rings is 1. The number of primary amides is 1. The standard InChI is InChI=1S/C31H35N5O4.C24H23N5O4/c1-37-29-17-24(3-4-27(29)21-7-12-36(13-8-21)25-19-39-20-25)34-30-6-11-33-31(35-30)22-2-5-28(23(16-22)18-32)40-26-9-14-38-15-10-26;1-31-21-13-17(3-4-19(21)23(26)30)28-22-6-9-27-24(29-22)15-2-5-20(16(12-15)14-25)33-18-7-10-32-11-8-18/h2-6,11,16-17,21,25-26H,7-10,12-15,19-20H2,1H3,(H,33,34,35);2-6,9,12-13,18H,7-8,10-11H2,1H3,(H2,26,30)(H,27,28,29). The number of ether oxygens (including phenoxy) is 7. The molecule has 0 unspecified atom stereocenters. The Kier molecular flexibility index (Phi) is 16.5. The smallest absolute Gasteiger partial charge is 0.252 e. The summed E-state index contributed by atoms with van der Waals surface area (Å²) in [5.74, 6) is 4.49. The second-order valence-electron chi connectivity index (χ2n) is 18.0. The predicted molar refractivity (Wildman–Crippen MR) is 273 cm³/mol. The van der Waals surface area contributed by atoms with Crippen molar-refractivity contribution in [1.82, 2.24) is 24.8 Å². The first-order valence-corrected chi connectivity index (χ1v) is 24.5. The third-order valence-corrected chi connectivity index (χ3v) is 13.3. The Morgan fingerprint density at radius 1 is 0.630 bits per heavy atom. The average molecular weight is 987 g/mol. The molecule has 6 heterocycles. The minimum absolute atomic E-state index is 0.0402. The van der Waals surface area contributed by atoms with E-state index in [1.165, 1.54) is 12.7 Å². The van der Waals surface area contributed by atoms with Crippen LogP contribution in [0.1, 0.15) is 71.5 Å². The molecular formula is C55H58N10O8. The summed E-state index contributed by atoms with van der Waals surface area (Å²) in [5.41, 5.74) is 10.8. The van der Waals surface area contributed by atoms with Gasteiger partial charge in [-0.05, 0) is 104 Å². The highest BCUT2D eigenvalue weighted by molar-refractivity contribution is 5.96. The quantitative estimate of drug-likeness (QED) is 0.0877. The maximum Gasteiger partial charge on any atom is 0.252 e. The fraction of sp³-hybridized carbons (Fsp3) is 0.364. The van der Waals surface area contributed by atoms with Gasteiger partial charge >= 0.3 is 0 Å². The van der Waals surface area contributed by atoms with Gasteiger partial charge in [0.1, 0.15) is 59.0 Å². The van der Waals surface area contributed by atoms with Crippen LogP contribution in [0.2, 0.25) is 0 Å². The Balaban J connectivity index is 0.000000183. The molecule has 0 saturated carbocycles. The maximum atomic E-state index is 11.5. The fourth-order valence-electron chi connectivity index (χ4n) is 9.20. The lowest BCUT2D eigenvalue weighted by molar-refractivity contribution is -0.0713. The summed E-state index contributed by atoms with van der Waals surface area (Å²) < 4.78 is 39.3. The van der Waals surface area contributed by atoms with Crippen LogP contribution in [-0.2, 0) is 14.2 Å². The summed E-state index contributed by atoms with van der Waals surface area (Å²) in [7, 11) is 3.20. The van der Waals surface area contributed by atoms with E-state index in [9.17, 15) is 15.3 Å². The first-order chi connectivity index (χ1) is 35.8. The number of carbonyl (C=O) groups excluding carboxylic acids is 1. The number of nitriles is 2. The summed E-state index contributed by atoms with van der Waals surface area (Å²) >= 11 is 0. The normalized spacial score (nSPS) is 16.6. The number of hydrogen-bond acceptors (Lipinski definition) is 17. The molecule has 18 nitrogen and oxygen atoms in total. The summed E-state index contributed by atoms with van der Waals surface area (Å²) in [4.78, 5) is 32.1. The van der Waals surface area contributed by atoms with Crippen molar-refractivity contribution >= 4 is 28.9 Å². The number of amides is 1. The van der Waals surface area contributed by atoms with E-state index >= 15 is 0 Å². The van der Waals surface area contributed by atoms with Gasteiger partial charge in [-0.3, -0.25) is 9.69 Å². The first kappa shape index (κ1) is 50.1. The molecule has 4 aliphatic heterocycles. The van der Waals surface area contributed by atoms with E-state index in [0.717, 1.165) is 81.8 Å². The first-order valence-electron chi connectivity index (χ1n) is 24.5. The molecule has 4 aromatic carbocycles. The van der Waals surface area contributed by atoms with Crippen molar-refractivity contribution in [2.45, 2.75) is 62.7 Å². The van der Waals surface area contributed by atoms with Crippen molar-refractivity contribution in [3.05, 3.63) is 120 Å². The monoisotopic (exact) mass is 986 g/mol. The number of nitrogens with one attached hydrogen (secondary N) is 2. The predicted octanol–water partition coefficient (Wildman–Crippen LogP) is 8.33. The largest absolute Gasteiger partial charge is 0.496 e. The Labute approximate surface area is 424 Å². The van der Waals surface area contributed by atoms with Crippen LogP contribution in [0, 0.1) is 22.7 Å². The minimum Gasteiger partial charge on any atom is -0.496 e. The van der Waals surface area contributed by atoms with E-state index in [-0.39, 0.29) is 12.2 Å². The Morgan fingerprint density at radius 2 is 1.14 bits per heavy atom. The summed E-state index contributed by atoms with van der Waals surface area (Å²) in [6, 6.07) is 30.7. The average Bonchev–Trinajstić information content (AvgIpc) is 3.41. The zero-order chi connectivity index (χ0) is 50.5. The number of anilines is 4. The molecule has 0 bridgehead atoms. The molecule has 376 valence electrons. The molecule has 73 heavy (non-hydrogen) atoms. The number of nitrogens with two attached hydrogens (primary N) is 1. The number of methoxy groups -OCH3 is 2. The number of nitrogens with zero attached hydrogens (tertiary/aromatic N) is 7. The van der Waals surface area contributed by atoms with Gasteiger partial charge in [0, 0.05) is 72.7 Å². The zero-order valence-electron chi connectivity index (χ0n) is 40.9. The second kappa shape index (κ2) is 24.0. The van der Waals surface area contributed by atoms with Gasteiger partial charge in [-0.2, -0.15) is 10.5 Å². The van der Waals surface area contributed by atoms with Crippen LogP contribution in [0.25, 0.3) is 22.8 Å². The molecule has 4 aliphatic rings. The van der Waals surface area contributed by atoms with Gasteiger partial charge in [-0.15, -0.1) is 0 Å². The number of carbonyl (C=O) groups is 1. The lowest BCUT2D eigenvalue weighted by Gasteiger charge is -2.41. The van der Waals surface area contributed by atoms with E-state index in [1.54, 1.807) is 62.0 Å². The van der Waals surface area contributed by atoms with Crippen molar-refractivity contribution in [2.75, 3.05) is 77.6 Å². The van der Waals surface area contributed by atoms with E-state index in [4.69, 9.17) is 43.9 Å². The summed E-state index contributed by atoms with van der Waals surface area (Å²) in [6.07, 6.45) is 8.94. The van der Waals surface area contributed by atoms with E-state index in [0.29, 0.717) is 107 Å². The number of hydrogen-bond donors (Lipinski definition) is 3. The van der Waals surface area contributed by atoms with Crippen LogP contribution in [0.3, 0.4) is 0 Å². The zero-order valence-corrected chi connectivity index (χ0v) is 40.9. The van der Waals surface area contributed by atoms with Gasteiger partial charge < -0.3 is 49.5 Å². The van der Waals surface area contributed by atoms with E-state index in [1.807, 2.05) is 30.3 Å². The van der Waals surface area contributed by atoms with Crippen LogP contribution in [0.5, 0.6) is 23.0 Å². The minimum atomic E-state index is -0.569. The van der Waals surface area contributed by atoms with Crippen molar-refractivity contribution < 1.29 is 38.0 Å². The molecule has 0 radical (unpaired) electrons. The van der Waals surface area contributed by atoms with Crippen LogP contribution >= 0.6 is 0 Å². The molecule has 2 aromatic heterocycles. The van der Waals surface area contributed by atoms with E-state index in [2.05, 4.69) is 54.8 Å². The number of aromatic nitrogens is 4. The van der Waals surface area contributed by atoms with Crippen molar-refractivity contribution in [1.29, 1.82) is 10.5 Å². The Morgan fingerprint density at radius 3 is 1.60 bits per heavy atom. The third kappa shape index (κ3) is 12.6. The van der Waals surface area contributed by atoms with Gasteiger partial charge in [0.2, 0.25) is 0 Å². The molecule has 4 fully saturated rings. The molecule has 1 amide bonds. The van der Waals surface area contributed by atoms with Gasteiger partial charge in [-0.25, -0.2) is 19.9 Å². The summed E-state index contributed by atoms with van der Waals surface area (Å²) in [5, 5.41) is 25.9. The molecule has 0 aliphatic carbocycles. The number of benzene rings is 4. The topological polar surface area (TPSA) is 234 Å². The number of rotatable bonds is 15. The molecule has 0 spiro atoms. The highest BCUT2D eigenvalue weighted by atomic mass is 16.5. The third-order valence-electron chi connectivity index (χ3n) is 13.3. The fourth-order valence-corrected chi connectivity index (χ4v) is 9.20. The van der Waals surface area contributed by atoms with Crippen LogP contribution in [0.4, 0.5) is 23.0 Å². The van der Waals surface area contributed by atoms with Crippen LogP contribution in [0.15, 0.2) is 97.3 Å². The SMILES string of the molecule is COc1cc(Nc2ccnc(-c3ccc(OC4CCOCC4)c(C#N)c3)n2)ccc1C(N)=O.COc1cc(Nc2ccnc(-c3ccc(OC4CCOCC4)c(C#N)c3)n2)ccc1C1CCN(C2COC2)CC1. The molecule has 4 saturated heterocycles. The summed E-state index contributed by atoms with van der Waals surface area (Å²) in [6.45, 7) is 6.63. The molecule has 6 aromatic rings. The van der Waals surface area contributed by atoms with Crippen LogP contribution in [-0.4, -0.2) is 116 Å². The molecule has 18 heteroatoms.